The monoisotopic (exact) mass is 665 g/mol. The molecule has 0 spiro atoms. The number of fused-ring (bicyclic) bond motifs is 1. The van der Waals surface area contributed by atoms with Crippen molar-refractivity contribution in [2.24, 2.45) is 10.7 Å². The minimum absolute atomic E-state index is 0.235. The minimum atomic E-state index is -1.93. The highest BCUT2D eigenvalue weighted by Gasteiger charge is 2.34. The van der Waals surface area contributed by atoms with Crippen LogP contribution in [0.25, 0.3) is 10.9 Å². The SMILES string of the molecule is CC1=CC(O[C@H]2CCC=CC2F)=NC[C@@H]1N1NCC(C(=O)c2cc3cc(C)c(NS(=O)OC4C=C(C#N)C=C(Cl)C4)cc3[nH]2)=C1N. The number of H-pyrrole nitrogens is 1. The fourth-order valence-electron chi connectivity index (χ4n) is 5.80. The van der Waals surface area contributed by atoms with Gasteiger partial charge in [-0.3, -0.25) is 18.7 Å². The molecule has 6 rings (SSSR count). The van der Waals surface area contributed by atoms with Gasteiger partial charge in [0.15, 0.2) is 6.17 Å². The Kier molecular flexibility index (Phi) is 9.15. The predicted molar refractivity (Wildman–Crippen MR) is 175 cm³/mol. The van der Waals surface area contributed by atoms with E-state index < -0.39 is 29.6 Å². The molecule has 5 N–H and O–H groups in total. The van der Waals surface area contributed by atoms with Crippen LogP contribution in [-0.2, 0) is 20.2 Å². The van der Waals surface area contributed by atoms with Gasteiger partial charge < -0.3 is 15.5 Å². The molecule has 46 heavy (non-hydrogen) atoms. The molecule has 2 aliphatic carbocycles. The lowest BCUT2D eigenvalue weighted by Gasteiger charge is -2.32. The van der Waals surface area contributed by atoms with Crippen molar-refractivity contribution in [1.82, 2.24) is 15.4 Å². The number of nitrogens with one attached hydrogen (secondary N) is 3. The van der Waals surface area contributed by atoms with E-state index in [0.29, 0.717) is 64.2 Å². The van der Waals surface area contributed by atoms with Crippen molar-refractivity contribution in [2.75, 3.05) is 17.8 Å². The van der Waals surface area contributed by atoms with Crippen molar-refractivity contribution in [3.8, 4) is 6.07 Å². The summed E-state index contributed by atoms with van der Waals surface area (Å²) in [5, 5.41) is 12.2. The van der Waals surface area contributed by atoms with Crippen molar-refractivity contribution >= 4 is 51.1 Å². The first-order valence-corrected chi connectivity index (χ1v) is 16.3. The standard InChI is InChI=1S/C32H33ClFN7O4S/c1-17-7-20-11-27(39-26(20)13-25(17)40-46(43)45-22-10-19(14-35)9-21(33)12-22)31(42)23-15-38-41(32(23)36)28-16-37-30(8-18(28)2)44-29-6-4-3-5-24(29)34/h3,5,7-11,13,22,24,28-29,38-40H,4,6,12,15-16,36H2,1-2H3/t22?,24?,28-,29-,46?/m0/s1. The molecule has 0 saturated heterocycles. The highest BCUT2D eigenvalue weighted by atomic mass is 35.5. The Balaban J connectivity index is 1.12. The molecular weight excluding hydrogens is 633 g/mol. The van der Waals surface area contributed by atoms with Crippen LogP contribution in [0.4, 0.5) is 10.1 Å². The molecule has 3 heterocycles. The van der Waals surface area contributed by atoms with Crippen LogP contribution in [0.5, 0.6) is 0 Å². The summed E-state index contributed by atoms with van der Waals surface area (Å²) in [6, 6.07) is 7.16. The van der Waals surface area contributed by atoms with E-state index in [2.05, 4.69) is 20.1 Å². The van der Waals surface area contributed by atoms with Crippen molar-refractivity contribution < 1.29 is 22.3 Å². The number of dihydropyridines is 1. The van der Waals surface area contributed by atoms with Gasteiger partial charge in [-0.15, -0.1) is 0 Å². The van der Waals surface area contributed by atoms with Gasteiger partial charge in [0.25, 0.3) is 11.3 Å². The Morgan fingerprint density at radius 3 is 2.89 bits per heavy atom. The van der Waals surface area contributed by atoms with Crippen LogP contribution in [0.1, 0.15) is 42.2 Å². The van der Waals surface area contributed by atoms with E-state index in [1.807, 2.05) is 32.1 Å². The second-order valence-corrected chi connectivity index (χ2v) is 12.9. The molecule has 240 valence electrons. The van der Waals surface area contributed by atoms with Gasteiger partial charge in [0.1, 0.15) is 18.0 Å². The van der Waals surface area contributed by atoms with Gasteiger partial charge in [-0.05, 0) is 68.2 Å². The molecule has 0 amide bonds. The molecule has 3 unspecified atom stereocenters. The second-order valence-electron chi connectivity index (χ2n) is 11.5. The predicted octanol–water partition coefficient (Wildman–Crippen LogP) is 4.80. The molecule has 0 saturated carbocycles. The van der Waals surface area contributed by atoms with Crippen molar-refractivity contribution in [3.05, 3.63) is 87.4 Å². The van der Waals surface area contributed by atoms with E-state index in [1.54, 1.807) is 35.4 Å². The number of hydrazine groups is 1. The third-order valence-corrected chi connectivity index (χ3v) is 9.33. The molecule has 0 radical (unpaired) electrons. The summed E-state index contributed by atoms with van der Waals surface area (Å²) in [7, 11) is 0. The average molecular weight is 666 g/mol. The van der Waals surface area contributed by atoms with E-state index in [4.69, 9.17) is 31.5 Å². The van der Waals surface area contributed by atoms with E-state index in [-0.39, 0.29) is 18.4 Å². The van der Waals surface area contributed by atoms with Crippen molar-refractivity contribution in [3.63, 3.8) is 0 Å². The molecule has 5 atom stereocenters. The van der Waals surface area contributed by atoms with Crippen LogP contribution in [0, 0.1) is 18.3 Å². The number of aryl methyl sites for hydroxylation is 1. The van der Waals surface area contributed by atoms with Crippen molar-refractivity contribution in [1.29, 1.82) is 5.26 Å². The molecule has 2 aliphatic heterocycles. The lowest BCUT2D eigenvalue weighted by Crippen LogP contribution is -2.46. The van der Waals surface area contributed by atoms with Gasteiger partial charge in [-0.2, -0.15) is 5.26 Å². The Labute approximate surface area is 273 Å². The van der Waals surface area contributed by atoms with Gasteiger partial charge in [-0.1, -0.05) is 23.8 Å². The second kappa shape index (κ2) is 13.3. The number of nitrogens with zero attached hydrogens (tertiary/aromatic N) is 3. The molecule has 4 aliphatic rings. The van der Waals surface area contributed by atoms with Crippen molar-refractivity contribution in [2.45, 2.75) is 57.5 Å². The number of aliphatic imine (C=N–C) groups is 1. The van der Waals surface area contributed by atoms with E-state index in [1.165, 1.54) is 6.08 Å². The number of aromatic nitrogens is 1. The van der Waals surface area contributed by atoms with Crippen LogP contribution < -0.4 is 15.9 Å². The number of alkyl halides is 1. The Morgan fingerprint density at radius 2 is 2.13 bits per heavy atom. The number of halogens is 2. The van der Waals surface area contributed by atoms with Gasteiger partial charge in [0.05, 0.1) is 41.2 Å². The molecule has 0 fully saturated rings. The average Bonchev–Trinajstić information content (AvgIpc) is 3.60. The maximum absolute atomic E-state index is 14.2. The summed E-state index contributed by atoms with van der Waals surface area (Å²) in [5.41, 5.74) is 13.7. The first-order valence-electron chi connectivity index (χ1n) is 14.8. The van der Waals surface area contributed by atoms with Crippen LogP contribution in [-0.4, -0.2) is 63.4 Å². The lowest BCUT2D eigenvalue weighted by molar-refractivity contribution is 0.102. The van der Waals surface area contributed by atoms with Gasteiger partial charge >= 0.3 is 0 Å². The number of hydrogen-bond donors (Lipinski definition) is 4. The maximum atomic E-state index is 14.2. The Morgan fingerprint density at radius 1 is 1.30 bits per heavy atom. The number of anilines is 1. The Bertz CT molecular complexity index is 1840. The van der Waals surface area contributed by atoms with E-state index in [0.717, 1.165) is 22.9 Å². The molecule has 14 heteroatoms. The molecule has 11 nitrogen and oxygen atoms in total. The zero-order valence-corrected chi connectivity index (χ0v) is 26.8. The minimum Gasteiger partial charge on any atom is -0.471 e. The number of carbonyl (C=O) groups excluding carboxylic acids is 1. The van der Waals surface area contributed by atoms with E-state index >= 15 is 0 Å². The number of nitrogens with two attached hydrogens (primary N) is 1. The fraction of sp³-hybridized carbons (Fsp3) is 0.344. The fourth-order valence-corrected chi connectivity index (χ4v) is 6.86. The summed E-state index contributed by atoms with van der Waals surface area (Å²) in [4.78, 5) is 21.3. The summed E-state index contributed by atoms with van der Waals surface area (Å²) >= 11 is 4.16. The van der Waals surface area contributed by atoms with Gasteiger partial charge in [0, 0.05) is 35.0 Å². The molecule has 0 bridgehead atoms. The van der Waals surface area contributed by atoms with Crippen LogP contribution in [0.15, 0.2) is 81.1 Å². The normalized spacial score (nSPS) is 25.4. The number of ketones is 1. The van der Waals surface area contributed by atoms with Crippen LogP contribution >= 0.6 is 11.6 Å². The number of ether oxygens (including phenoxy) is 1. The first kappa shape index (κ1) is 31.7. The molecule has 2 aromatic rings. The van der Waals surface area contributed by atoms with Gasteiger partial charge in [-0.25, -0.2) is 19.0 Å². The molecule has 1 aromatic carbocycles. The molecular formula is C32H33ClFN7O4S. The Hall–Kier alpha value is -4.22. The third kappa shape index (κ3) is 6.66. The number of carbonyl (C=O) groups is 1. The highest BCUT2D eigenvalue weighted by molar-refractivity contribution is 7.81. The molecule has 1 aromatic heterocycles. The van der Waals surface area contributed by atoms with Crippen LogP contribution in [0.3, 0.4) is 0 Å². The topological polar surface area (TPSA) is 158 Å². The summed E-state index contributed by atoms with van der Waals surface area (Å²) in [5.74, 6) is 0.446. The van der Waals surface area contributed by atoms with Crippen LogP contribution in [0.2, 0.25) is 0 Å². The third-order valence-electron chi connectivity index (χ3n) is 8.26. The number of nitriles is 1. The van der Waals surface area contributed by atoms with Gasteiger partial charge in [0.2, 0.25) is 11.7 Å². The van der Waals surface area contributed by atoms with E-state index in [9.17, 15) is 13.4 Å². The zero-order chi connectivity index (χ0) is 32.5. The number of aromatic amines is 1. The summed E-state index contributed by atoms with van der Waals surface area (Å²) < 4.78 is 41.2. The first-order chi connectivity index (χ1) is 22.1. The number of rotatable bonds is 8. The number of allylic oxidation sites excluding steroid dienone is 3. The summed E-state index contributed by atoms with van der Waals surface area (Å²) in [6.45, 7) is 4.34. The smallest absolute Gasteiger partial charge is 0.262 e. The number of benzene rings is 1. The summed E-state index contributed by atoms with van der Waals surface area (Å²) in [6.07, 6.45) is 7.60. The largest absolute Gasteiger partial charge is 0.471 e. The maximum Gasteiger partial charge on any atom is 0.262 e. The number of Topliss-reactive ketones (excluding diaryl/α,β-unsaturated/α-hetero) is 1. The lowest BCUT2D eigenvalue weighted by atomic mass is 10.0. The quantitative estimate of drug-likeness (QED) is 0.231. The highest BCUT2D eigenvalue weighted by Crippen LogP contribution is 2.29. The zero-order valence-electron chi connectivity index (χ0n) is 25.2. The number of hydrogen-bond acceptors (Lipinski definition) is 9.